The molecule has 1 aliphatic carbocycles. The third kappa shape index (κ3) is 4.16. The van der Waals surface area contributed by atoms with Crippen LogP contribution in [0.1, 0.15) is 29.5 Å². The number of hydrogen-bond donors (Lipinski definition) is 0. The zero-order valence-electron chi connectivity index (χ0n) is 14.3. The highest BCUT2D eigenvalue weighted by Gasteiger charge is 2.43. The Hall–Kier alpha value is -2.29. The van der Waals surface area contributed by atoms with Gasteiger partial charge in [-0.2, -0.15) is 0 Å². The molecule has 0 amide bonds. The molecule has 1 saturated carbocycles. The predicted octanol–water partition coefficient (Wildman–Crippen LogP) is 4.32. The summed E-state index contributed by atoms with van der Waals surface area (Å²) in [6.07, 6.45) is 3.03. The molecule has 3 rings (SSSR count). The van der Waals surface area contributed by atoms with Gasteiger partial charge in [0.15, 0.2) is 0 Å². The molecule has 3 heteroatoms. The van der Waals surface area contributed by atoms with Gasteiger partial charge in [0.05, 0.1) is 13.0 Å². The summed E-state index contributed by atoms with van der Waals surface area (Å²) in [4.78, 5) is 11.5. The van der Waals surface area contributed by atoms with Gasteiger partial charge in [0.1, 0.15) is 12.4 Å². The lowest BCUT2D eigenvalue weighted by Gasteiger charge is -2.10. The molecular formula is C21H24O3. The van der Waals surface area contributed by atoms with Gasteiger partial charge >= 0.3 is 5.97 Å². The lowest BCUT2D eigenvalue weighted by atomic mass is 10.0. The summed E-state index contributed by atoms with van der Waals surface area (Å²) in [7, 11) is 1.47. The maximum Gasteiger partial charge on any atom is 0.308 e. The molecule has 0 saturated heterocycles. The number of carbonyl (C=O) groups excluding carboxylic acids is 1. The summed E-state index contributed by atoms with van der Waals surface area (Å²) >= 11 is 0. The number of methoxy groups -OCH3 is 1. The van der Waals surface area contributed by atoms with E-state index in [1.807, 2.05) is 24.3 Å². The number of benzene rings is 2. The van der Waals surface area contributed by atoms with Gasteiger partial charge in [-0.3, -0.25) is 4.79 Å². The van der Waals surface area contributed by atoms with Crippen molar-refractivity contribution in [2.24, 2.45) is 11.8 Å². The van der Waals surface area contributed by atoms with Crippen molar-refractivity contribution in [1.82, 2.24) is 0 Å². The molecule has 0 heterocycles. The molecule has 0 radical (unpaired) electrons. The molecule has 126 valence electrons. The van der Waals surface area contributed by atoms with Crippen LogP contribution in [0.2, 0.25) is 0 Å². The number of aryl methyl sites for hydroxylation is 2. The van der Waals surface area contributed by atoms with Gasteiger partial charge in [0.25, 0.3) is 0 Å². The van der Waals surface area contributed by atoms with Crippen LogP contribution in [0.15, 0.2) is 48.5 Å². The van der Waals surface area contributed by atoms with Crippen LogP contribution in [0.25, 0.3) is 0 Å². The van der Waals surface area contributed by atoms with E-state index in [4.69, 9.17) is 9.47 Å². The van der Waals surface area contributed by atoms with Crippen molar-refractivity contribution in [3.05, 3.63) is 65.2 Å². The summed E-state index contributed by atoms with van der Waals surface area (Å²) < 4.78 is 10.7. The standard InChI is InChI=1S/C21H24O3/c1-15-12-19(24-14-16-6-4-3-5-7-16)11-10-17(15)8-9-18-13-20(18)21(22)23-2/h3-7,10-12,18,20H,8-9,13-14H2,1-2H3. The van der Waals surface area contributed by atoms with Crippen LogP contribution in [0, 0.1) is 18.8 Å². The lowest BCUT2D eigenvalue weighted by molar-refractivity contribution is -0.142. The molecule has 0 N–H and O–H groups in total. The Labute approximate surface area is 143 Å². The zero-order valence-corrected chi connectivity index (χ0v) is 14.3. The van der Waals surface area contributed by atoms with E-state index in [0.717, 1.165) is 25.0 Å². The van der Waals surface area contributed by atoms with E-state index in [1.165, 1.54) is 23.8 Å². The van der Waals surface area contributed by atoms with Gasteiger partial charge in [-0.25, -0.2) is 0 Å². The van der Waals surface area contributed by atoms with Crippen molar-refractivity contribution in [2.75, 3.05) is 7.11 Å². The molecule has 24 heavy (non-hydrogen) atoms. The first-order chi connectivity index (χ1) is 11.7. The highest BCUT2D eigenvalue weighted by atomic mass is 16.5. The van der Waals surface area contributed by atoms with Crippen molar-refractivity contribution < 1.29 is 14.3 Å². The van der Waals surface area contributed by atoms with Crippen molar-refractivity contribution in [2.45, 2.75) is 32.8 Å². The minimum Gasteiger partial charge on any atom is -0.489 e. The fourth-order valence-corrected chi connectivity index (χ4v) is 3.13. The maximum absolute atomic E-state index is 11.5. The van der Waals surface area contributed by atoms with Gasteiger partial charge in [0.2, 0.25) is 0 Å². The maximum atomic E-state index is 11.5. The first-order valence-corrected chi connectivity index (χ1v) is 8.51. The Kier molecular flexibility index (Phi) is 5.19. The summed E-state index contributed by atoms with van der Waals surface area (Å²) in [6.45, 7) is 2.71. The minimum absolute atomic E-state index is 0.0543. The van der Waals surface area contributed by atoms with Gasteiger partial charge < -0.3 is 9.47 Å². The van der Waals surface area contributed by atoms with E-state index >= 15 is 0 Å². The molecule has 2 aromatic carbocycles. The quantitative estimate of drug-likeness (QED) is 0.712. The number of esters is 1. The smallest absolute Gasteiger partial charge is 0.308 e. The van der Waals surface area contributed by atoms with Crippen LogP contribution in [-0.2, 0) is 22.6 Å². The second-order valence-corrected chi connectivity index (χ2v) is 6.53. The molecule has 1 fully saturated rings. The van der Waals surface area contributed by atoms with E-state index in [2.05, 4.69) is 31.2 Å². The second-order valence-electron chi connectivity index (χ2n) is 6.53. The average Bonchev–Trinajstić information content (AvgIpc) is 3.39. The first kappa shape index (κ1) is 16.6. The molecule has 2 aromatic rings. The lowest BCUT2D eigenvalue weighted by Crippen LogP contribution is -2.04. The second kappa shape index (κ2) is 7.52. The molecule has 0 bridgehead atoms. The largest absolute Gasteiger partial charge is 0.489 e. The van der Waals surface area contributed by atoms with E-state index in [1.54, 1.807) is 0 Å². The van der Waals surface area contributed by atoms with Gasteiger partial charge in [-0.1, -0.05) is 36.4 Å². The molecule has 0 aliphatic heterocycles. The van der Waals surface area contributed by atoms with Crippen molar-refractivity contribution in [3.8, 4) is 5.75 Å². The van der Waals surface area contributed by atoms with Crippen LogP contribution in [0.3, 0.4) is 0 Å². The number of rotatable bonds is 7. The van der Waals surface area contributed by atoms with Crippen LogP contribution in [0.5, 0.6) is 5.75 Å². The first-order valence-electron chi connectivity index (χ1n) is 8.51. The fourth-order valence-electron chi connectivity index (χ4n) is 3.13. The van der Waals surface area contributed by atoms with Crippen LogP contribution >= 0.6 is 0 Å². The highest BCUT2D eigenvalue weighted by molar-refractivity contribution is 5.75. The van der Waals surface area contributed by atoms with Crippen LogP contribution in [0.4, 0.5) is 0 Å². The third-order valence-corrected chi connectivity index (χ3v) is 4.77. The van der Waals surface area contributed by atoms with Gasteiger partial charge in [-0.15, -0.1) is 0 Å². The van der Waals surface area contributed by atoms with Crippen LogP contribution in [-0.4, -0.2) is 13.1 Å². The molecule has 0 spiro atoms. The van der Waals surface area contributed by atoms with E-state index in [-0.39, 0.29) is 11.9 Å². The summed E-state index contributed by atoms with van der Waals surface area (Å²) in [5.74, 6) is 1.47. The normalized spacial score (nSPS) is 18.9. The summed E-state index contributed by atoms with van der Waals surface area (Å²) in [6, 6.07) is 16.5. The van der Waals surface area contributed by atoms with Crippen LogP contribution < -0.4 is 4.74 Å². The third-order valence-electron chi connectivity index (χ3n) is 4.77. The minimum atomic E-state index is -0.0543. The number of carbonyl (C=O) groups is 1. The number of hydrogen-bond acceptors (Lipinski definition) is 3. The van der Waals surface area contributed by atoms with Crippen molar-refractivity contribution in [1.29, 1.82) is 0 Å². The van der Waals surface area contributed by atoms with E-state index < -0.39 is 0 Å². The topological polar surface area (TPSA) is 35.5 Å². The zero-order chi connectivity index (χ0) is 16.9. The average molecular weight is 324 g/mol. The molecule has 2 atom stereocenters. The van der Waals surface area contributed by atoms with Gasteiger partial charge in [0, 0.05) is 0 Å². The molecule has 3 nitrogen and oxygen atoms in total. The highest BCUT2D eigenvalue weighted by Crippen LogP contribution is 2.42. The van der Waals surface area contributed by atoms with Crippen molar-refractivity contribution >= 4 is 5.97 Å². The SMILES string of the molecule is COC(=O)C1CC1CCc1ccc(OCc2ccccc2)cc1C. The predicted molar refractivity (Wildman–Crippen MR) is 93.9 cm³/mol. The van der Waals surface area contributed by atoms with Gasteiger partial charge in [-0.05, 0) is 60.9 Å². The van der Waals surface area contributed by atoms with E-state index in [0.29, 0.717) is 12.5 Å². The van der Waals surface area contributed by atoms with E-state index in [9.17, 15) is 4.79 Å². The Morgan fingerprint density at radius 2 is 1.96 bits per heavy atom. The molecule has 1 aliphatic rings. The molecular weight excluding hydrogens is 300 g/mol. The Morgan fingerprint density at radius 3 is 2.67 bits per heavy atom. The molecule has 0 aromatic heterocycles. The van der Waals surface area contributed by atoms with Crippen molar-refractivity contribution in [3.63, 3.8) is 0 Å². The monoisotopic (exact) mass is 324 g/mol. The Bertz CT molecular complexity index is 693. The Balaban J connectivity index is 1.50. The summed E-state index contributed by atoms with van der Waals surface area (Å²) in [5.41, 5.74) is 3.75. The fraction of sp³-hybridized carbons (Fsp3) is 0.381. The number of ether oxygens (including phenoxy) is 2. The summed E-state index contributed by atoms with van der Waals surface area (Å²) in [5, 5.41) is 0. The Morgan fingerprint density at radius 1 is 1.17 bits per heavy atom. The molecule has 2 unspecified atom stereocenters.